The summed E-state index contributed by atoms with van der Waals surface area (Å²) in [6.45, 7) is 3.28. The van der Waals surface area contributed by atoms with E-state index in [2.05, 4.69) is 18.4 Å². The second-order valence-corrected chi connectivity index (χ2v) is 15.3. The molecule has 50 heavy (non-hydrogen) atoms. The molecule has 0 aromatic rings. The van der Waals surface area contributed by atoms with Crippen LogP contribution in [0.4, 0.5) is 0 Å². The lowest BCUT2D eigenvalue weighted by Crippen LogP contribution is -2.34. The molecule has 0 heterocycles. The van der Waals surface area contributed by atoms with Gasteiger partial charge >= 0.3 is 19.8 Å². The van der Waals surface area contributed by atoms with Crippen molar-refractivity contribution in [2.24, 2.45) is 5.73 Å². The molecule has 0 bridgehead atoms. The quantitative estimate of drug-likeness (QED) is 0.0240. The van der Waals surface area contributed by atoms with Gasteiger partial charge in [-0.1, -0.05) is 168 Å². The normalized spacial score (nSPS) is 14.1. The summed E-state index contributed by atoms with van der Waals surface area (Å²) in [4.78, 5) is 33.4. The van der Waals surface area contributed by atoms with Gasteiger partial charge in [0.2, 0.25) is 0 Å². The van der Waals surface area contributed by atoms with Crippen LogP contribution in [0.3, 0.4) is 0 Å². The van der Waals surface area contributed by atoms with Crippen molar-refractivity contribution >= 4 is 19.8 Å². The van der Waals surface area contributed by atoms with Crippen LogP contribution in [0.5, 0.6) is 0 Å². The highest BCUT2D eigenvalue weighted by atomic mass is 31.2. The van der Waals surface area contributed by atoms with E-state index in [1.165, 1.54) is 135 Å². The van der Waals surface area contributed by atoms with Crippen molar-refractivity contribution in [1.82, 2.24) is 0 Å². The van der Waals surface area contributed by atoms with Crippen LogP contribution in [0.2, 0.25) is 0 Å². The SMILES string of the molecule is CCCCCCCCCCCCCCCC/C=C\OC[C@H](COP(=O)(O)OC[C@H](N)C(=O)O)OC(=O)CCCCCCCCCCCCCC. The number of carbonyl (C=O) groups is 2. The lowest BCUT2D eigenvalue weighted by molar-refractivity contribution is -0.153. The molecular formula is C39H76NO9P. The van der Waals surface area contributed by atoms with Crippen molar-refractivity contribution in [2.45, 2.75) is 206 Å². The highest BCUT2D eigenvalue weighted by Gasteiger charge is 2.27. The largest absolute Gasteiger partial charge is 0.498 e. The number of esters is 1. The second-order valence-electron chi connectivity index (χ2n) is 13.8. The molecule has 0 aliphatic heterocycles. The number of phosphoric acid groups is 1. The summed E-state index contributed by atoms with van der Waals surface area (Å²) in [5.41, 5.74) is 5.34. The fourth-order valence-corrected chi connectivity index (χ4v) is 6.47. The third-order valence-electron chi connectivity index (χ3n) is 8.89. The fourth-order valence-electron chi connectivity index (χ4n) is 5.69. The smallest absolute Gasteiger partial charge is 0.472 e. The van der Waals surface area contributed by atoms with Crippen LogP contribution in [-0.4, -0.2) is 53.9 Å². The van der Waals surface area contributed by atoms with Gasteiger partial charge < -0.3 is 25.2 Å². The summed E-state index contributed by atoms with van der Waals surface area (Å²) < 4.78 is 33.0. The van der Waals surface area contributed by atoms with Crippen molar-refractivity contribution < 1.29 is 42.7 Å². The lowest BCUT2D eigenvalue weighted by atomic mass is 10.0. The first kappa shape index (κ1) is 48.5. The fraction of sp³-hybridized carbons (Fsp3) is 0.897. The molecule has 296 valence electrons. The van der Waals surface area contributed by atoms with E-state index >= 15 is 0 Å². The van der Waals surface area contributed by atoms with Gasteiger partial charge in [0.05, 0.1) is 19.5 Å². The predicted octanol–water partition coefficient (Wildman–Crippen LogP) is 10.9. The first-order chi connectivity index (χ1) is 24.2. The van der Waals surface area contributed by atoms with E-state index in [4.69, 9.17) is 24.8 Å². The molecule has 0 spiro atoms. The van der Waals surface area contributed by atoms with E-state index < -0.39 is 45.1 Å². The summed E-state index contributed by atoms with van der Waals surface area (Å²) in [6.07, 6.45) is 36.3. The molecule has 11 heteroatoms. The minimum atomic E-state index is -4.62. The van der Waals surface area contributed by atoms with Gasteiger partial charge in [-0.2, -0.15) is 0 Å². The zero-order chi connectivity index (χ0) is 37.0. The summed E-state index contributed by atoms with van der Waals surface area (Å²) in [7, 11) is -4.62. The molecule has 4 N–H and O–H groups in total. The number of carbonyl (C=O) groups excluding carboxylic acids is 1. The van der Waals surface area contributed by atoms with Gasteiger partial charge in [0, 0.05) is 6.42 Å². The van der Waals surface area contributed by atoms with Gasteiger partial charge in [0.15, 0.2) is 6.10 Å². The zero-order valence-corrected chi connectivity index (χ0v) is 32.9. The molecule has 0 aliphatic carbocycles. The van der Waals surface area contributed by atoms with Crippen molar-refractivity contribution in [2.75, 3.05) is 19.8 Å². The van der Waals surface area contributed by atoms with Crippen LogP contribution < -0.4 is 5.73 Å². The van der Waals surface area contributed by atoms with Crippen LogP contribution in [0.1, 0.15) is 194 Å². The Labute approximate surface area is 305 Å². The first-order valence-electron chi connectivity index (χ1n) is 20.3. The van der Waals surface area contributed by atoms with E-state index in [0.717, 1.165) is 32.1 Å². The Hall–Kier alpha value is -1.45. The molecule has 0 rings (SSSR count). The number of hydrogen-bond donors (Lipinski definition) is 3. The standard InChI is InChI=1S/C39H76NO9P/c1-3-5-7-9-11-13-15-17-18-19-20-22-24-26-28-30-32-46-33-36(34-47-50(44,45)48-35-37(40)39(42)43)49-38(41)31-29-27-25-23-21-16-14-12-10-8-6-4-2/h30,32,36-37H,3-29,31,33-35,40H2,1-2H3,(H,42,43)(H,44,45)/b32-30-/t36-,37+/m1/s1. The monoisotopic (exact) mass is 734 g/mol. The minimum Gasteiger partial charge on any atom is -0.498 e. The number of nitrogens with two attached hydrogens (primary N) is 1. The van der Waals surface area contributed by atoms with Crippen LogP contribution >= 0.6 is 7.82 Å². The van der Waals surface area contributed by atoms with E-state index in [1.54, 1.807) is 6.26 Å². The minimum absolute atomic E-state index is 0.0614. The number of aliphatic carboxylic acids is 1. The molecule has 0 fully saturated rings. The highest BCUT2D eigenvalue weighted by molar-refractivity contribution is 7.47. The molecule has 0 aromatic heterocycles. The Morgan fingerprint density at radius 2 is 1.02 bits per heavy atom. The third-order valence-corrected chi connectivity index (χ3v) is 9.84. The number of carboxylic acid groups (broad SMARTS) is 1. The van der Waals surface area contributed by atoms with Crippen LogP contribution in [0, 0.1) is 0 Å². The molecule has 10 nitrogen and oxygen atoms in total. The average molecular weight is 734 g/mol. The number of phosphoric ester groups is 1. The summed E-state index contributed by atoms with van der Waals surface area (Å²) in [6, 6.07) is -1.48. The average Bonchev–Trinajstić information content (AvgIpc) is 3.09. The van der Waals surface area contributed by atoms with Gasteiger partial charge in [-0.05, 0) is 25.3 Å². The number of rotatable bonds is 39. The van der Waals surface area contributed by atoms with E-state index in [9.17, 15) is 19.0 Å². The number of carboxylic acids is 1. The zero-order valence-electron chi connectivity index (χ0n) is 32.0. The molecule has 3 atom stereocenters. The molecular weight excluding hydrogens is 657 g/mol. The highest BCUT2D eigenvalue weighted by Crippen LogP contribution is 2.43. The molecule has 1 unspecified atom stereocenters. The van der Waals surface area contributed by atoms with Gasteiger partial charge in [-0.3, -0.25) is 18.6 Å². The molecule has 0 aromatic carbocycles. The van der Waals surface area contributed by atoms with Gasteiger partial charge in [-0.15, -0.1) is 0 Å². The molecule has 0 radical (unpaired) electrons. The Bertz CT molecular complexity index is 857. The maximum atomic E-state index is 12.5. The summed E-state index contributed by atoms with van der Waals surface area (Å²) in [5.74, 6) is -1.80. The molecule has 0 saturated carbocycles. The third kappa shape index (κ3) is 35.0. The van der Waals surface area contributed by atoms with Crippen molar-refractivity contribution in [1.29, 1.82) is 0 Å². The number of ether oxygens (including phenoxy) is 2. The van der Waals surface area contributed by atoms with Crippen molar-refractivity contribution in [3.63, 3.8) is 0 Å². The number of hydrogen-bond acceptors (Lipinski definition) is 8. The summed E-state index contributed by atoms with van der Waals surface area (Å²) >= 11 is 0. The Morgan fingerprint density at radius 3 is 1.46 bits per heavy atom. The maximum absolute atomic E-state index is 12.5. The van der Waals surface area contributed by atoms with Crippen LogP contribution in [0.25, 0.3) is 0 Å². The molecule has 0 aliphatic rings. The van der Waals surface area contributed by atoms with Crippen LogP contribution in [0.15, 0.2) is 12.3 Å². The molecule has 0 amide bonds. The Balaban J connectivity index is 4.29. The van der Waals surface area contributed by atoms with Gasteiger partial charge in [0.1, 0.15) is 12.6 Å². The Kier molecular flexibility index (Phi) is 34.9. The van der Waals surface area contributed by atoms with Crippen LogP contribution in [-0.2, 0) is 32.7 Å². The van der Waals surface area contributed by atoms with E-state index in [1.807, 2.05) is 6.08 Å². The summed E-state index contributed by atoms with van der Waals surface area (Å²) in [5, 5.41) is 8.86. The molecule has 0 saturated heterocycles. The van der Waals surface area contributed by atoms with Gasteiger partial charge in [0.25, 0.3) is 0 Å². The van der Waals surface area contributed by atoms with Gasteiger partial charge in [-0.25, -0.2) is 4.57 Å². The lowest BCUT2D eigenvalue weighted by Gasteiger charge is -2.20. The second kappa shape index (κ2) is 35.9. The van der Waals surface area contributed by atoms with Crippen molar-refractivity contribution in [3.05, 3.63) is 12.3 Å². The maximum Gasteiger partial charge on any atom is 0.472 e. The number of unbranched alkanes of at least 4 members (excludes halogenated alkanes) is 25. The van der Waals surface area contributed by atoms with Crippen molar-refractivity contribution in [3.8, 4) is 0 Å². The first-order valence-corrected chi connectivity index (χ1v) is 21.8. The number of allylic oxidation sites excluding steroid dienone is 1. The van der Waals surface area contributed by atoms with E-state index in [0.29, 0.717) is 6.42 Å². The topological polar surface area (TPSA) is 155 Å². The Morgan fingerprint density at radius 1 is 0.620 bits per heavy atom. The van der Waals surface area contributed by atoms with E-state index in [-0.39, 0.29) is 13.0 Å². The predicted molar refractivity (Wildman–Crippen MR) is 203 cm³/mol.